The lowest BCUT2D eigenvalue weighted by Crippen LogP contribution is -2.08. The Morgan fingerprint density at radius 1 is 1.26 bits per heavy atom. The number of nitrogens with zero attached hydrogens (tertiary/aromatic N) is 2. The van der Waals surface area contributed by atoms with Crippen molar-refractivity contribution in [3.05, 3.63) is 45.6 Å². The number of hydrogen-bond acceptors (Lipinski definition) is 5. The molecule has 96 valence electrons. The van der Waals surface area contributed by atoms with Gasteiger partial charge >= 0.3 is 5.63 Å². The fourth-order valence-corrected chi connectivity index (χ4v) is 2.45. The molecule has 0 bridgehead atoms. The number of aromatic nitrogens is 1. The van der Waals surface area contributed by atoms with E-state index in [9.17, 15) is 4.79 Å². The van der Waals surface area contributed by atoms with Crippen LogP contribution in [0.15, 0.2) is 44.4 Å². The fraction of sp³-hybridized carbons (Fsp3) is 0.143. The Bertz CT molecular complexity index is 776. The average Bonchev–Trinajstić information content (AvgIpc) is 2.90. The van der Waals surface area contributed by atoms with Crippen LogP contribution in [-0.2, 0) is 0 Å². The van der Waals surface area contributed by atoms with Gasteiger partial charge in [0.25, 0.3) is 0 Å². The van der Waals surface area contributed by atoms with Crippen molar-refractivity contribution in [1.29, 1.82) is 0 Å². The van der Waals surface area contributed by atoms with Crippen molar-refractivity contribution in [1.82, 2.24) is 4.98 Å². The Morgan fingerprint density at radius 3 is 2.79 bits per heavy atom. The minimum atomic E-state index is -0.352. The molecule has 5 heteroatoms. The van der Waals surface area contributed by atoms with Gasteiger partial charge in [-0.2, -0.15) is 0 Å². The quantitative estimate of drug-likeness (QED) is 0.673. The van der Waals surface area contributed by atoms with E-state index in [2.05, 4.69) is 4.98 Å². The minimum Gasteiger partial charge on any atom is -0.422 e. The van der Waals surface area contributed by atoms with Gasteiger partial charge in [0.15, 0.2) is 0 Å². The highest BCUT2D eigenvalue weighted by molar-refractivity contribution is 7.07. The van der Waals surface area contributed by atoms with Crippen LogP contribution in [0, 0.1) is 0 Å². The van der Waals surface area contributed by atoms with Gasteiger partial charge in [0.1, 0.15) is 5.58 Å². The molecule has 2 aromatic heterocycles. The van der Waals surface area contributed by atoms with Gasteiger partial charge in [-0.25, -0.2) is 9.78 Å². The smallest absolute Gasteiger partial charge is 0.345 e. The van der Waals surface area contributed by atoms with E-state index in [1.165, 1.54) is 11.3 Å². The molecule has 2 heterocycles. The fourth-order valence-electron chi connectivity index (χ4n) is 1.90. The molecule has 0 aliphatic heterocycles. The molecule has 1 aromatic carbocycles. The van der Waals surface area contributed by atoms with Gasteiger partial charge in [0.2, 0.25) is 0 Å². The summed E-state index contributed by atoms with van der Waals surface area (Å²) in [6, 6.07) is 7.63. The van der Waals surface area contributed by atoms with E-state index < -0.39 is 0 Å². The second-order valence-electron chi connectivity index (χ2n) is 4.44. The third-order valence-electron chi connectivity index (χ3n) is 2.94. The molecule has 3 aromatic rings. The van der Waals surface area contributed by atoms with Crippen LogP contribution in [0.5, 0.6) is 0 Å². The van der Waals surface area contributed by atoms with Crippen LogP contribution in [-0.4, -0.2) is 19.1 Å². The lowest BCUT2D eigenvalue weighted by atomic mass is 10.1. The van der Waals surface area contributed by atoms with Crippen LogP contribution in [0.3, 0.4) is 0 Å². The first-order valence-electron chi connectivity index (χ1n) is 5.79. The molecular weight excluding hydrogens is 260 g/mol. The molecule has 0 radical (unpaired) electrons. The highest BCUT2D eigenvalue weighted by Crippen LogP contribution is 2.24. The predicted octanol–water partition coefficient (Wildman–Crippen LogP) is 2.98. The van der Waals surface area contributed by atoms with Crippen LogP contribution < -0.4 is 10.5 Å². The van der Waals surface area contributed by atoms with Crippen molar-refractivity contribution < 1.29 is 4.42 Å². The Morgan fingerprint density at radius 2 is 2.11 bits per heavy atom. The van der Waals surface area contributed by atoms with E-state index in [-0.39, 0.29) is 5.63 Å². The SMILES string of the molecule is CN(C)c1ccc2cc(-c3cscn3)c(=O)oc2c1. The molecule has 19 heavy (non-hydrogen) atoms. The lowest BCUT2D eigenvalue weighted by Gasteiger charge is -2.12. The van der Waals surface area contributed by atoms with Gasteiger partial charge < -0.3 is 9.32 Å². The molecule has 0 saturated heterocycles. The van der Waals surface area contributed by atoms with Crippen LogP contribution in [0.4, 0.5) is 5.69 Å². The summed E-state index contributed by atoms with van der Waals surface area (Å²) in [5.74, 6) is 0. The van der Waals surface area contributed by atoms with Crippen LogP contribution in [0.25, 0.3) is 22.2 Å². The van der Waals surface area contributed by atoms with Crippen LogP contribution in [0.1, 0.15) is 0 Å². The molecule has 0 amide bonds. The number of rotatable bonds is 2. The average molecular weight is 272 g/mol. The standard InChI is InChI=1S/C14H12N2O2S/c1-16(2)10-4-3-9-5-11(12-7-19-8-15-12)14(17)18-13(9)6-10/h3-8H,1-2H3. The van der Waals surface area contributed by atoms with Crippen molar-refractivity contribution in [2.24, 2.45) is 0 Å². The summed E-state index contributed by atoms with van der Waals surface area (Å²) < 4.78 is 5.39. The van der Waals surface area contributed by atoms with E-state index in [1.54, 1.807) is 5.51 Å². The number of anilines is 1. The first kappa shape index (κ1) is 11.9. The van der Waals surface area contributed by atoms with Crippen molar-refractivity contribution in [2.75, 3.05) is 19.0 Å². The van der Waals surface area contributed by atoms with Gasteiger partial charge in [0.05, 0.1) is 16.8 Å². The van der Waals surface area contributed by atoms with Crippen molar-refractivity contribution in [2.45, 2.75) is 0 Å². The maximum absolute atomic E-state index is 12.0. The molecule has 0 aliphatic rings. The van der Waals surface area contributed by atoms with E-state index in [0.717, 1.165) is 11.1 Å². The molecule has 0 atom stereocenters. The first-order chi connectivity index (χ1) is 9.15. The molecule has 0 unspecified atom stereocenters. The van der Waals surface area contributed by atoms with Crippen molar-refractivity contribution in [3.8, 4) is 11.3 Å². The lowest BCUT2D eigenvalue weighted by molar-refractivity contribution is 0.563. The second kappa shape index (κ2) is 4.51. The molecule has 0 aliphatic carbocycles. The largest absolute Gasteiger partial charge is 0.422 e. The summed E-state index contributed by atoms with van der Waals surface area (Å²) in [5.41, 5.74) is 4.11. The predicted molar refractivity (Wildman–Crippen MR) is 77.9 cm³/mol. The highest BCUT2D eigenvalue weighted by atomic mass is 32.1. The summed E-state index contributed by atoms with van der Waals surface area (Å²) in [6.45, 7) is 0. The summed E-state index contributed by atoms with van der Waals surface area (Å²) in [4.78, 5) is 18.1. The summed E-state index contributed by atoms with van der Waals surface area (Å²) in [7, 11) is 3.89. The summed E-state index contributed by atoms with van der Waals surface area (Å²) in [6.07, 6.45) is 0. The van der Waals surface area contributed by atoms with Gasteiger partial charge in [0, 0.05) is 36.6 Å². The Hall–Kier alpha value is -2.14. The summed E-state index contributed by atoms with van der Waals surface area (Å²) >= 11 is 1.46. The normalized spacial score (nSPS) is 10.8. The zero-order valence-electron chi connectivity index (χ0n) is 10.6. The van der Waals surface area contributed by atoms with E-state index in [4.69, 9.17) is 4.42 Å². The van der Waals surface area contributed by atoms with Crippen LogP contribution in [0.2, 0.25) is 0 Å². The molecule has 0 saturated carbocycles. The number of benzene rings is 1. The summed E-state index contributed by atoms with van der Waals surface area (Å²) in [5, 5.41) is 2.74. The topological polar surface area (TPSA) is 46.3 Å². The van der Waals surface area contributed by atoms with E-state index in [0.29, 0.717) is 16.8 Å². The van der Waals surface area contributed by atoms with E-state index >= 15 is 0 Å². The first-order valence-corrected chi connectivity index (χ1v) is 6.73. The zero-order valence-corrected chi connectivity index (χ0v) is 11.4. The van der Waals surface area contributed by atoms with E-state index in [1.807, 2.05) is 48.6 Å². The molecule has 0 fully saturated rings. The number of thiazole rings is 1. The third-order valence-corrected chi connectivity index (χ3v) is 3.53. The maximum Gasteiger partial charge on any atom is 0.345 e. The minimum absolute atomic E-state index is 0.352. The highest BCUT2D eigenvalue weighted by Gasteiger charge is 2.10. The monoisotopic (exact) mass is 272 g/mol. The number of fused-ring (bicyclic) bond motifs is 1. The maximum atomic E-state index is 12.0. The molecule has 0 N–H and O–H groups in total. The van der Waals surface area contributed by atoms with Crippen molar-refractivity contribution in [3.63, 3.8) is 0 Å². The van der Waals surface area contributed by atoms with Gasteiger partial charge in [-0.1, -0.05) is 0 Å². The molecule has 3 rings (SSSR count). The molecule has 4 nitrogen and oxygen atoms in total. The third kappa shape index (κ3) is 2.13. The van der Waals surface area contributed by atoms with Gasteiger partial charge in [-0.15, -0.1) is 11.3 Å². The second-order valence-corrected chi connectivity index (χ2v) is 5.16. The Kier molecular flexibility index (Phi) is 2.83. The molecular formula is C14H12N2O2S. The Labute approximate surface area is 113 Å². The Balaban J connectivity index is 2.22. The number of hydrogen-bond donors (Lipinski definition) is 0. The zero-order chi connectivity index (χ0) is 13.4. The van der Waals surface area contributed by atoms with Gasteiger partial charge in [-0.05, 0) is 18.2 Å². The van der Waals surface area contributed by atoms with Crippen molar-refractivity contribution >= 4 is 28.0 Å². The molecule has 0 spiro atoms. The van der Waals surface area contributed by atoms with Crippen LogP contribution >= 0.6 is 11.3 Å². The van der Waals surface area contributed by atoms with Gasteiger partial charge in [-0.3, -0.25) is 0 Å².